The molecule has 6 atom stereocenters. The van der Waals surface area contributed by atoms with Crippen molar-refractivity contribution in [1.82, 2.24) is 9.80 Å². The predicted molar refractivity (Wildman–Crippen MR) is 141 cm³/mol. The fourth-order valence-electron chi connectivity index (χ4n) is 7.00. The molecule has 39 heavy (non-hydrogen) atoms. The van der Waals surface area contributed by atoms with Crippen LogP contribution in [0.3, 0.4) is 0 Å². The lowest BCUT2D eigenvalue weighted by Crippen LogP contribution is -2.74. The number of fused-ring (bicyclic) bond motifs is 4. The topological polar surface area (TPSA) is 158 Å². The third kappa shape index (κ3) is 3.76. The molecule has 10 nitrogen and oxygen atoms in total. The van der Waals surface area contributed by atoms with Gasteiger partial charge in [-0.2, -0.15) is 0 Å². The minimum absolute atomic E-state index is 0.00934. The molecule has 2 saturated carbocycles. The van der Waals surface area contributed by atoms with Crippen LogP contribution in [0.1, 0.15) is 34.8 Å². The molecule has 2 aromatic rings. The molecule has 4 N–H and O–H groups in total. The number of ketones is 4. The van der Waals surface area contributed by atoms with Gasteiger partial charge in [-0.3, -0.25) is 28.9 Å². The zero-order valence-corrected chi connectivity index (χ0v) is 22.4. The van der Waals surface area contributed by atoms with Gasteiger partial charge in [-0.25, -0.2) is 0 Å². The number of likely N-dealkylation sites (N-methyl/N-ethyl adjacent to an activating group) is 1. The number of phenols is 1. The summed E-state index contributed by atoms with van der Waals surface area (Å²) in [4.78, 5) is 70.0. The van der Waals surface area contributed by atoms with E-state index in [0.717, 1.165) is 17.5 Å². The zero-order valence-electron chi connectivity index (χ0n) is 22.4. The number of carbonyl (C=O) groups is 5. The first-order valence-corrected chi connectivity index (χ1v) is 13.1. The standard InChI is InChI=1S/C29H33N3O7/c1-5-32(4)12-13-7-6-8-16-17(13)10-14-9-15-11-18-22(31(2)3)25(35)21(28(30)38)27(37)29(18,39)26(36)20(15)24(34)19(14)23(16)33/h6-8,10,15,18,20-22,33,39H,5,9,11-12H2,1-4H3,(H2,30,38). The van der Waals surface area contributed by atoms with Crippen molar-refractivity contribution in [2.75, 3.05) is 27.7 Å². The Kier molecular flexibility index (Phi) is 6.48. The van der Waals surface area contributed by atoms with Crippen LogP contribution in [0.15, 0.2) is 24.3 Å². The van der Waals surface area contributed by atoms with Crippen molar-refractivity contribution in [3.63, 3.8) is 0 Å². The summed E-state index contributed by atoms with van der Waals surface area (Å²) in [5.74, 6) is -10.3. The number of hydrogen-bond donors (Lipinski definition) is 3. The molecule has 3 aliphatic rings. The maximum absolute atomic E-state index is 13.9. The summed E-state index contributed by atoms with van der Waals surface area (Å²) in [5, 5.41) is 24.2. The zero-order chi connectivity index (χ0) is 28.5. The van der Waals surface area contributed by atoms with E-state index in [-0.39, 0.29) is 24.2 Å². The van der Waals surface area contributed by atoms with E-state index in [0.29, 0.717) is 17.5 Å². The Morgan fingerprint density at radius 2 is 1.79 bits per heavy atom. The van der Waals surface area contributed by atoms with Crippen LogP contribution in [0.4, 0.5) is 0 Å². The first-order valence-electron chi connectivity index (χ1n) is 13.1. The van der Waals surface area contributed by atoms with Gasteiger partial charge in [0.15, 0.2) is 34.7 Å². The molecule has 5 rings (SSSR count). The molecule has 0 spiro atoms. The fourth-order valence-corrected chi connectivity index (χ4v) is 7.00. The van der Waals surface area contributed by atoms with Gasteiger partial charge in [0.05, 0.1) is 17.5 Å². The number of phenolic OH excluding ortho intramolecular Hbond substituents is 1. The Hall–Kier alpha value is -3.47. The maximum atomic E-state index is 13.9. The molecule has 0 heterocycles. The second-order valence-electron chi connectivity index (χ2n) is 11.4. The van der Waals surface area contributed by atoms with Crippen molar-refractivity contribution in [3.8, 4) is 5.75 Å². The van der Waals surface area contributed by atoms with Gasteiger partial charge in [0, 0.05) is 17.8 Å². The molecule has 0 aliphatic heterocycles. The largest absolute Gasteiger partial charge is 0.507 e. The number of carbonyl (C=O) groups excluding carboxylic acids is 5. The Bertz CT molecular complexity index is 1450. The van der Waals surface area contributed by atoms with Gasteiger partial charge in [-0.05, 0) is 69.0 Å². The number of nitrogens with two attached hydrogens (primary N) is 1. The van der Waals surface area contributed by atoms with Crippen molar-refractivity contribution in [2.45, 2.75) is 38.0 Å². The molecule has 2 aromatic carbocycles. The highest BCUT2D eigenvalue weighted by Gasteiger charge is 2.69. The summed E-state index contributed by atoms with van der Waals surface area (Å²) < 4.78 is 0. The number of benzene rings is 2. The summed E-state index contributed by atoms with van der Waals surface area (Å²) in [5.41, 5.74) is 4.21. The number of aromatic hydroxyl groups is 1. The first-order chi connectivity index (χ1) is 18.3. The molecule has 206 valence electrons. The van der Waals surface area contributed by atoms with Crippen molar-refractivity contribution >= 4 is 39.8 Å². The second kappa shape index (κ2) is 9.32. The number of rotatable bonds is 5. The Morgan fingerprint density at radius 1 is 1.10 bits per heavy atom. The van der Waals surface area contributed by atoms with Crippen LogP contribution in [-0.2, 0) is 32.1 Å². The average molecular weight is 536 g/mol. The number of nitrogens with zero attached hydrogens (tertiary/aromatic N) is 2. The van der Waals surface area contributed by atoms with E-state index in [1.54, 1.807) is 26.2 Å². The van der Waals surface area contributed by atoms with E-state index >= 15 is 0 Å². The highest BCUT2D eigenvalue weighted by atomic mass is 16.3. The molecule has 3 aliphatic carbocycles. The monoisotopic (exact) mass is 535 g/mol. The van der Waals surface area contributed by atoms with Gasteiger partial charge in [0.25, 0.3) is 0 Å². The molecule has 0 bridgehead atoms. The first kappa shape index (κ1) is 27.1. The molecule has 6 unspecified atom stereocenters. The van der Waals surface area contributed by atoms with Crippen molar-refractivity contribution < 1.29 is 34.2 Å². The highest BCUT2D eigenvalue weighted by molar-refractivity contribution is 6.32. The van der Waals surface area contributed by atoms with E-state index < -0.39 is 64.4 Å². The van der Waals surface area contributed by atoms with Crippen LogP contribution in [0.5, 0.6) is 5.75 Å². The van der Waals surface area contributed by atoms with Crippen LogP contribution in [0.25, 0.3) is 10.8 Å². The Labute approximate surface area is 225 Å². The number of aliphatic hydroxyl groups is 1. The van der Waals surface area contributed by atoms with Crippen LogP contribution in [0.2, 0.25) is 0 Å². The third-order valence-electron chi connectivity index (χ3n) is 8.98. The summed E-state index contributed by atoms with van der Waals surface area (Å²) in [7, 11) is 5.11. The number of hydrogen-bond acceptors (Lipinski definition) is 9. The van der Waals surface area contributed by atoms with E-state index in [1.165, 1.54) is 4.90 Å². The van der Waals surface area contributed by atoms with E-state index in [1.807, 2.05) is 26.1 Å². The number of Topliss-reactive ketones (excluding diaryl/α,β-unsaturated/α-hetero) is 4. The van der Waals surface area contributed by atoms with E-state index in [4.69, 9.17) is 5.73 Å². The molecular weight excluding hydrogens is 502 g/mol. The summed E-state index contributed by atoms with van der Waals surface area (Å²) >= 11 is 0. The van der Waals surface area contributed by atoms with Crippen LogP contribution in [0, 0.1) is 23.7 Å². The van der Waals surface area contributed by atoms with Crippen LogP contribution >= 0.6 is 0 Å². The quantitative estimate of drug-likeness (QED) is 0.463. The summed E-state index contributed by atoms with van der Waals surface area (Å²) in [6.45, 7) is 3.50. The second-order valence-corrected chi connectivity index (χ2v) is 11.4. The van der Waals surface area contributed by atoms with Gasteiger partial charge in [0.1, 0.15) is 5.75 Å². The minimum atomic E-state index is -2.72. The average Bonchev–Trinajstić information content (AvgIpc) is 2.86. The van der Waals surface area contributed by atoms with E-state index in [9.17, 15) is 34.2 Å². The molecule has 0 saturated heterocycles. The molecule has 2 fully saturated rings. The minimum Gasteiger partial charge on any atom is -0.507 e. The lowest BCUT2D eigenvalue weighted by molar-refractivity contribution is -0.181. The fraction of sp³-hybridized carbons (Fsp3) is 0.483. The molecular formula is C29H33N3O7. The van der Waals surface area contributed by atoms with Crippen molar-refractivity contribution in [1.29, 1.82) is 0 Å². The third-order valence-corrected chi connectivity index (χ3v) is 8.98. The van der Waals surface area contributed by atoms with Gasteiger partial charge in [-0.1, -0.05) is 25.1 Å². The Morgan fingerprint density at radius 3 is 2.41 bits per heavy atom. The lowest BCUT2D eigenvalue weighted by atomic mass is 9.52. The molecule has 0 aromatic heterocycles. The van der Waals surface area contributed by atoms with Gasteiger partial charge >= 0.3 is 0 Å². The highest BCUT2D eigenvalue weighted by Crippen LogP contribution is 2.51. The van der Waals surface area contributed by atoms with Crippen molar-refractivity contribution in [2.24, 2.45) is 29.4 Å². The molecule has 10 heteroatoms. The van der Waals surface area contributed by atoms with Crippen molar-refractivity contribution in [3.05, 3.63) is 41.0 Å². The smallest absolute Gasteiger partial charge is 0.235 e. The normalized spacial score (nSPS) is 30.5. The Balaban J connectivity index is 1.64. The lowest BCUT2D eigenvalue weighted by Gasteiger charge is -2.52. The SMILES string of the molecule is CCN(C)Cc1cccc2c(O)c3c(cc12)CC1CC2C(N(C)C)C(=O)C(C(N)=O)C(=O)C2(O)C(=O)C1C3=O. The summed E-state index contributed by atoms with van der Waals surface area (Å²) in [6.07, 6.45) is 0.274. The molecule has 1 amide bonds. The number of amides is 1. The van der Waals surface area contributed by atoms with Gasteiger partial charge in [-0.15, -0.1) is 0 Å². The van der Waals surface area contributed by atoms with Crippen LogP contribution in [-0.4, -0.2) is 88.4 Å². The molecule has 0 radical (unpaired) electrons. The van der Waals surface area contributed by atoms with Gasteiger partial charge in [0.2, 0.25) is 5.91 Å². The van der Waals surface area contributed by atoms with E-state index in [2.05, 4.69) is 4.90 Å². The maximum Gasteiger partial charge on any atom is 0.235 e. The summed E-state index contributed by atoms with van der Waals surface area (Å²) in [6, 6.07) is 6.24. The van der Waals surface area contributed by atoms with Crippen LogP contribution < -0.4 is 5.73 Å². The number of primary amides is 1. The predicted octanol–water partition coefficient (Wildman–Crippen LogP) is 0.472. The van der Waals surface area contributed by atoms with Gasteiger partial charge < -0.3 is 20.8 Å².